The van der Waals surface area contributed by atoms with Crippen LogP contribution in [0, 0.1) is 79.1 Å². The second kappa shape index (κ2) is 17.4. The van der Waals surface area contributed by atoms with Gasteiger partial charge in [0.15, 0.2) is 0 Å². The third kappa shape index (κ3) is 7.35. The third-order valence-corrected chi connectivity index (χ3v) is 20.1. The molecule has 4 aliphatic heterocycles. The first-order chi connectivity index (χ1) is 35.0. The van der Waals surface area contributed by atoms with E-state index in [0.29, 0.717) is 23.7 Å². The molecular formula is C66H76N8. The molecule has 10 heterocycles. The summed E-state index contributed by atoms with van der Waals surface area (Å²) in [6.07, 6.45) is 7.08. The van der Waals surface area contributed by atoms with Gasteiger partial charge in [-0.25, -0.2) is 9.97 Å². The third-order valence-electron chi connectivity index (χ3n) is 20.1. The van der Waals surface area contributed by atoms with Crippen LogP contribution in [0.3, 0.4) is 0 Å². The summed E-state index contributed by atoms with van der Waals surface area (Å²) >= 11 is 0. The van der Waals surface area contributed by atoms with Gasteiger partial charge in [-0.2, -0.15) is 0 Å². The first-order valence-corrected chi connectivity index (χ1v) is 27.2. The van der Waals surface area contributed by atoms with Gasteiger partial charge in [-0.15, -0.1) is 0 Å². The molecular weight excluding hydrogens is 905 g/mol. The monoisotopic (exact) mass is 981 g/mol. The Balaban J connectivity index is 0.000000159. The van der Waals surface area contributed by atoms with Gasteiger partial charge in [0.2, 0.25) is 0 Å². The Labute approximate surface area is 438 Å². The van der Waals surface area contributed by atoms with E-state index in [1.54, 1.807) is 0 Å². The van der Waals surface area contributed by atoms with Crippen LogP contribution in [0.1, 0.15) is 172 Å². The molecule has 380 valence electrons. The highest BCUT2D eigenvalue weighted by molar-refractivity contribution is 5.94. The molecule has 16 bridgehead atoms. The molecule has 0 aromatic carbocycles. The second-order valence-electron chi connectivity index (χ2n) is 23.6. The number of H-pyrrole nitrogens is 4. The number of fused-ring (bicyclic) bond motifs is 22. The van der Waals surface area contributed by atoms with Gasteiger partial charge in [-0.3, -0.25) is 9.97 Å². The number of aromatic nitrogens is 8. The van der Waals surface area contributed by atoms with Crippen LogP contribution in [-0.4, -0.2) is 39.9 Å². The highest BCUT2D eigenvalue weighted by atomic mass is 14.8. The van der Waals surface area contributed by atoms with Gasteiger partial charge in [-0.05, 0) is 260 Å². The van der Waals surface area contributed by atoms with Crippen molar-refractivity contribution in [3.8, 4) is 0 Å². The zero-order chi connectivity index (χ0) is 52.8. The predicted octanol–water partition coefficient (Wildman–Crippen LogP) is 17.0. The molecule has 0 spiro atoms. The van der Waals surface area contributed by atoms with Gasteiger partial charge in [0, 0.05) is 55.0 Å². The molecule has 6 unspecified atom stereocenters. The van der Waals surface area contributed by atoms with Crippen molar-refractivity contribution in [3.05, 3.63) is 151 Å². The van der Waals surface area contributed by atoms with Crippen LogP contribution in [0.25, 0.3) is 77.6 Å². The molecule has 6 aromatic heterocycles. The Kier molecular flexibility index (Phi) is 11.6. The number of hydrogen-bond acceptors (Lipinski definition) is 4. The summed E-state index contributed by atoms with van der Waals surface area (Å²) in [7, 11) is 0. The number of aryl methyl sites for hydroxylation is 8. The number of nitrogens with one attached hydrogen (secondary N) is 4. The Morgan fingerprint density at radius 1 is 0.338 bits per heavy atom. The van der Waals surface area contributed by atoms with E-state index in [0.717, 1.165) is 103 Å². The summed E-state index contributed by atoms with van der Waals surface area (Å²) in [5, 5.41) is 0. The van der Waals surface area contributed by atoms with Crippen LogP contribution < -0.4 is 0 Å². The number of hydrogen-bond donors (Lipinski definition) is 4. The number of nitrogens with zero attached hydrogens (tertiary/aromatic N) is 4. The molecule has 8 heteroatoms. The lowest BCUT2D eigenvalue weighted by Gasteiger charge is -2.40. The second-order valence-corrected chi connectivity index (χ2v) is 23.6. The minimum Gasteiger partial charge on any atom is -0.355 e. The molecule has 6 aromatic rings. The van der Waals surface area contributed by atoms with Crippen molar-refractivity contribution in [1.29, 1.82) is 0 Å². The van der Waals surface area contributed by atoms with E-state index in [9.17, 15) is 0 Å². The van der Waals surface area contributed by atoms with Gasteiger partial charge >= 0.3 is 0 Å². The van der Waals surface area contributed by atoms with Crippen molar-refractivity contribution in [3.63, 3.8) is 0 Å². The minimum atomic E-state index is -0.118. The van der Waals surface area contributed by atoms with Crippen LogP contribution in [0.5, 0.6) is 0 Å². The number of rotatable bonds is 0. The van der Waals surface area contributed by atoms with E-state index in [1.807, 2.05) is 0 Å². The summed E-state index contributed by atoms with van der Waals surface area (Å²) in [4.78, 5) is 35.7. The molecule has 0 saturated carbocycles. The Hall–Kier alpha value is -6.80. The van der Waals surface area contributed by atoms with Crippen LogP contribution in [0.15, 0.2) is 60.7 Å². The standard InChI is InChI=1S/2C33H38N4/c2*1-16-10-11-24-31-14-29-20(5)19(4)27(35-29)12-25-17(2)18(3)26(34-25)13-28-21(6)22(7)30(36-28)15-32(37-31)33(24,9)23(16)8/h2*11-16,23,35-36H,10H2,1-9H3. The van der Waals surface area contributed by atoms with Crippen LogP contribution in [0.4, 0.5) is 0 Å². The van der Waals surface area contributed by atoms with Gasteiger partial charge < -0.3 is 19.9 Å². The van der Waals surface area contributed by atoms with Crippen molar-refractivity contribution >= 4 is 77.6 Å². The molecule has 4 N–H and O–H groups in total. The molecule has 12 rings (SSSR count). The molecule has 74 heavy (non-hydrogen) atoms. The molecule has 6 aliphatic rings. The average Bonchev–Trinajstić information content (AvgIpc) is 4.22. The van der Waals surface area contributed by atoms with E-state index in [1.165, 1.54) is 77.9 Å². The average molecular weight is 981 g/mol. The lowest BCUT2D eigenvalue weighted by molar-refractivity contribution is 0.274. The van der Waals surface area contributed by atoms with Crippen molar-refractivity contribution in [2.45, 2.75) is 148 Å². The van der Waals surface area contributed by atoms with Crippen molar-refractivity contribution in [2.24, 2.45) is 23.7 Å². The van der Waals surface area contributed by atoms with E-state index in [-0.39, 0.29) is 10.8 Å². The van der Waals surface area contributed by atoms with Crippen LogP contribution >= 0.6 is 0 Å². The number of aromatic amines is 4. The number of allylic oxidation sites excluding steroid dienone is 8. The zero-order valence-corrected chi connectivity index (χ0v) is 47.3. The van der Waals surface area contributed by atoms with Gasteiger partial charge in [-0.1, -0.05) is 39.8 Å². The van der Waals surface area contributed by atoms with Crippen molar-refractivity contribution < 1.29 is 0 Å². The summed E-state index contributed by atoms with van der Waals surface area (Å²) in [6.45, 7) is 40.7. The van der Waals surface area contributed by atoms with Crippen molar-refractivity contribution in [1.82, 2.24) is 39.9 Å². The normalized spacial score (nSPS) is 23.3. The molecule has 0 fully saturated rings. The van der Waals surface area contributed by atoms with E-state index >= 15 is 0 Å². The smallest absolute Gasteiger partial charge is 0.0692 e. The topological polar surface area (TPSA) is 115 Å². The van der Waals surface area contributed by atoms with E-state index < -0.39 is 0 Å². The Morgan fingerprint density at radius 2 is 0.568 bits per heavy atom. The van der Waals surface area contributed by atoms with Crippen molar-refractivity contribution in [2.75, 3.05) is 0 Å². The predicted molar refractivity (Wildman–Crippen MR) is 313 cm³/mol. The van der Waals surface area contributed by atoms with Gasteiger partial charge in [0.05, 0.1) is 45.6 Å². The fourth-order valence-electron chi connectivity index (χ4n) is 12.9. The van der Waals surface area contributed by atoms with Gasteiger partial charge in [0.25, 0.3) is 0 Å². The maximum absolute atomic E-state index is 5.35. The minimum absolute atomic E-state index is 0.118. The summed E-state index contributed by atoms with van der Waals surface area (Å²) in [5.74, 6) is 2.20. The highest BCUT2D eigenvalue weighted by Gasteiger charge is 2.48. The molecule has 8 nitrogen and oxygen atoms in total. The fraction of sp³-hybridized carbons (Fsp3) is 0.394. The van der Waals surface area contributed by atoms with E-state index in [2.05, 4.69) is 205 Å². The lowest BCUT2D eigenvalue weighted by atomic mass is 9.62. The van der Waals surface area contributed by atoms with Crippen LogP contribution in [-0.2, 0) is 10.8 Å². The van der Waals surface area contributed by atoms with E-state index in [4.69, 9.17) is 19.9 Å². The summed E-state index contributed by atoms with van der Waals surface area (Å²) < 4.78 is 0. The quantitative estimate of drug-likeness (QED) is 0.121. The fourth-order valence-corrected chi connectivity index (χ4v) is 12.9. The van der Waals surface area contributed by atoms with Crippen LogP contribution in [0.2, 0.25) is 0 Å². The summed E-state index contributed by atoms with van der Waals surface area (Å²) in [6, 6.07) is 18.0. The molecule has 6 atom stereocenters. The Bertz CT molecular complexity index is 3670. The maximum Gasteiger partial charge on any atom is 0.0692 e. The summed E-state index contributed by atoms with van der Waals surface area (Å²) in [5.41, 5.74) is 35.2. The first kappa shape index (κ1) is 49.4. The first-order valence-electron chi connectivity index (χ1n) is 27.2. The largest absolute Gasteiger partial charge is 0.355 e. The molecule has 0 saturated heterocycles. The maximum atomic E-state index is 5.35. The molecule has 0 radical (unpaired) electrons. The highest BCUT2D eigenvalue weighted by Crippen LogP contribution is 2.54. The zero-order valence-electron chi connectivity index (χ0n) is 47.3. The molecule has 0 amide bonds. The van der Waals surface area contributed by atoms with Gasteiger partial charge in [0.1, 0.15) is 0 Å². The lowest BCUT2D eigenvalue weighted by Crippen LogP contribution is -2.35. The Morgan fingerprint density at radius 3 is 0.824 bits per heavy atom. The molecule has 2 aliphatic carbocycles. The SMILES string of the molecule is CC1=C(C)c2cc3[nH]c(cc4nc(cc5[nH]c(cc1n2)c(C)c5C)C1=CCC(C)C(C)C14C)c(C)c3C.CC1=C(C)c2cc3[nH]c(cc4nc(cc5[nH]c(cc1n2)c(C)c5C)C1=CCC(C)C(C)C14C)c(C)c3C.